The number of methoxy groups -OCH3 is 1. The lowest BCUT2D eigenvalue weighted by Crippen LogP contribution is -2.47. The number of hydrogen-bond acceptors (Lipinski definition) is 6. The van der Waals surface area contributed by atoms with Crippen LogP contribution in [0.2, 0.25) is 5.02 Å². The highest BCUT2D eigenvalue weighted by Gasteiger charge is 2.26. The standard InChI is InChI=1S/C23H28ClN3O2.CH4O3S.H2O/c1-29-22-8-3-7-21-20(22)9-10-23(28)27(21)12-4-11-25-13-15-26(16-14-25)19-6-2-5-18(24)17-19;1-5(2,3)4;/h2-3,5-8,17H,4,9-16H2,1H3;1H3,(H,2,3,4);1H2. The van der Waals surface area contributed by atoms with E-state index in [0.29, 0.717) is 12.7 Å². The summed E-state index contributed by atoms with van der Waals surface area (Å²) in [6.45, 7) is 5.84. The number of ether oxygens (including phenoxy) is 1. The molecule has 9 nitrogen and oxygen atoms in total. The van der Waals surface area contributed by atoms with Gasteiger partial charge in [-0.1, -0.05) is 23.7 Å². The van der Waals surface area contributed by atoms with Crippen LogP contribution in [0.4, 0.5) is 11.4 Å². The Labute approximate surface area is 212 Å². The van der Waals surface area contributed by atoms with Crippen LogP contribution in [0.5, 0.6) is 5.75 Å². The molecule has 1 amide bonds. The van der Waals surface area contributed by atoms with Crippen molar-refractivity contribution >= 4 is 39.0 Å². The second-order valence-electron chi connectivity index (χ2n) is 8.40. The van der Waals surface area contributed by atoms with Gasteiger partial charge in [0.25, 0.3) is 10.1 Å². The Morgan fingerprint density at radius 3 is 2.31 bits per heavy atom. The molecule has 3 N–H and O–H groups in total. The number of fused-ring (bicyclic) bond motifs is 1. The third-order valence-corrected chi connectivity index (χ3v) is 6.15. The zero-order chi connectivity index (χ0) is 24.7. The van der Waals surface area contributed by atoms with Crippen LogP contribution in [0.1, 0.15) is 18.4 Å². The second-order valence-corrected chi connectivity index (χ2v) is 10.3. The molecule has 2 heterocycles. The van der Waals surface area contributed by atoms with Crippen molar-refractivity contribution in [2.45, 2.75) is 19.3 Å². The molecule has 0 saturated carbocycles. The molecule has 0 bridgehead atoms. The maximum atomic E-state index is 12.5. The summed E-state index contributed by atoms with van der Waals surface area (Å²) in [7, 11) is -1.97. The Bertz CT molecular complexity index is 1080. The molecule has 0 radical (unpaired) electrons. The maximum Gasteiger partial charge on any atom is 0.261 e. The predicted octanol–water partition coefficient (Wildman–Crippen LogP) is 2.52. The zero-order valence-corrected chi connectivity index (χ0v) is 21.7. The number of hydrogen-bond donors (Lipinski definition) is 1. The number of benzene rings is 2. The van der Waals surface area contributed by atoms with Crippen LogP contribution in [-0.4, -0.2) is 81.9 Å². The third-order valence-electron chi connectivity index (χ3n) is 5.91. The van der Waals surface area contributed by atoms with E-state index in [-0.39, 0.29) is 11.4 Å². The van der Waals surface area contributed by atoms with Gasteiger partial charge in [-0.2, -0.15) is 8.42 Å². The van der Waals surface area contributed by atoms with E-state index >= 15 is 0 Å². The highest BCUT2D eigenvalue weighted by molar-refractivity contribution is 7.85. The van der Waals surface area contributed by atoms with E-state index < -0.39 is 10.1 Å². The molecule has 2 aromatic rings. The van der Waals surface area contributed by atoms with Crippen molar-refractivity contribution in [3.05, 3.63) is 53.1 Å². The second kappa shape index (κ2) is 13.1. The van der Waals surface area contributed by atoms with Crippen molar-refractivity contribution in [3.8, 4) is 5.75 Å². The van der Waals surface area contributed by atoms with Gasteiger partial charge in [0.05, 0.1) is 19.1 Å². The van der Waals surface area contributed by atoms with Crippen molar-refractivity contribution in [2.24, 2.45) is 0 Å². The van der Waals surface area contributed by atoms with Gasteiger partial charge in [0.15, 0.2) is 0 Å². The smallest absolute Gasteiger partial charge is 0.261 e. The van der Waals surface area contributed by atoms with Crippen LogP contribution >= 0.6 is 11.6 Å². The molecule has 11 heteroatoms. The lowest BCUT2D eigenvalue weighted by molar-refractivity contribution is -0.118. The predicted molar refractivity (Wildman–Crippen MR) is 139 cm³/mol. The lowest BCUT2D eigenvalue weighted by atomic mass is 10.00. The molecule has 2 aliphatic heterocycles. The van der Waals surface area contributed by atoms with Crippen LogP contribution in [0.25, 0.3) is 0 Å². The van der Waals surface area contributed by atoms with Crippen molar-refractivity contribution in [1.29, 1.82) is 0 Å². The van der Waals surface area contributed by atoms with E-state index in [1.54, 1.807) is 7.11 Å². The number of piperazine rings is 1. The number of carbonyl (C=O) groups excluding carboxylic acids is 1. The summed E-state index contributed by atoms with van der Waals surface area (Å²) >= 11 is 6.12. The number of carbonyl (C=O) groups is 1. The van der Waals surface area contributed by atoms with Gasteiger partial charge in [-0.05, 0) is 49.7 Å². The van der Waals surface area contributed by atoms with Crippen LogP contribution in [0.15, 0.2) is 42.5 Å². The van der Waals surface area contributed by atoms with E-state index in [1.165, 1.54) is 5.69 Å². The van der Waals surface area contributed by atoms with Crippen molar-refractivity contribution in [3.63, 3.8) is 0 Å². The average molecular weight is 528 g/mol. The van der Waals surface area contributed by atoms with Crippen LogP contribution in [-0.2, 0) is 21.3 Å². The van der Waals surface area contributed by atoms with E-state index in [0.717, 1.165) is 74.1 Å². The summed E-state index contributed by atoms with van der Waals surface area (Å²) in [5.74, 6) is 1.11. The number of nitrogens with zero attached hydrogens (tertiary/aromatic N) is 3. The molecule has 35 heavy (non-hydrogen) atoms. The monoisotopic (exact) mass is 527 g/mol. The Morgan fingerprint density at radius 2 is 1.69 bits per heavy atom. The van der Waals surface area contributed by atoms with E-state index in [4.69, 9.17) is 20.9 Å². The summed E-state index contributed by atoms with van der Waals surface area (Å²) in [6.07, 6.45) is 3.01. The van der Waals surface area contributed by atoms with Crippen molar-refractivity contribution in [2.75, 3.05) is 62.4 Å². The Morgan fingerprint density at radius 1 is 1.03 bits per heavy atom. The maximum absolute atomic E-state index is 12.5. The first-order valence-electron chi connectivity index (χ1n) is 11.3. The number of rotatable bonds is 6. The quantitative estimate of drug-likeness (QED) is 0.573. The first-order valence-corrected chi connectivity index (χ1v) is 13.5. The highest BCUT2D eigenvalue weighted by atomic mass is 35.5. The molecule has 4 rings (SSSR count). The first-order chi connectivity index (χ1) is 16.2. The number of halogens is 1. The molecule has 2 aromatic carbocycles. The van der Waals surface area contributed by atoms with Gasteiger partial charge >= 0.3 is 0 Å². The molecule has 1 saturated heterocycles. The average Bonchev–Trinajstić information content (AvgIpc) is 2.79. The van der Waals surface area contributed by atoms with Crippen LogP contribution in [0, 0.1) is 0 Å². The lowest BCUT2D eigenvalue weighted by Gasteiger charge is -2.37. The molecule has 1 fully saturated rings. The summed E-state index contributed by atoms with van der Waals surface area (Å²) in [5, 5.41) is 0.785. The van der Waals surface area contributed by atoms with Gasteiger partial charge in [0.1, 0.15) is 5.75 Å². The highest BCUT2D eigenvalue weighted by Crippen LogP contribution is 2.34. The minimum absolute atomic E-state index is 0. The summed E-state index contributed by atoms with van der Waals surface area (Å²) in [6, 6.07) is 14.1. The zero-order valence-electron chi connectivity index (χ0n) is 20.1. The molecule has 0 aromatic heterocycles. The minimum atomic E-state index is -3.67. The van der Waals surface area contributed by atoms with Gasteiger partial charge in [-0.3, -0.25) is 14.2 Å². The molecule has 194 valence electrons. The van der Waals surface area contributed by atoms with E-state index in [1.807, 2.05) is 41.3 Å². The number of anilines is 2. The Hall–Kier alpha value is -2.37. The topological polar surface area (TPSA) is 122 Å². The molecule has 0 spiro atoms. The fraction of sp³-hybridized carbons (Fsp3) is 0.458. The summed E-state index contributed by atoms with van der Waals surface area (Å²) in [5.41, 5.74) is 3.37. The summed E-state index contributed by atoms with van der Waals surface area (Å²) in [4.78, 5) is 19.3. The van der Waals surface area contributed by atoms with E-state index in [2.05, 4.69) is 15.9 Å². The van der Waals surface area contributed by atoms with Crippen molar-refractivity contribution < 1.29 is 28.0 Å². The van der Waals surface area contributed by atoms with Crippen molar-refractivity contribution in [1.82, 2.24) is 4.90 Å². The van der Waals surface area contributed by atoms with E-state index in [9.17, 15) is 13.2 Å². The molecule has 0 aliphatic carbocycles. The SMILES string of the molecule is COc1cccc2c1CCC(=O)N2CCCN1CCN(c2cccc(Cl)c2)CC1.CS(=O)(=O)O.O. The molecular formula is C24H34ClN3O6S. The molecule has 0 atom stereocenters. The fourth-order valence-corrected chi connectivity index (χ4v) is 4.54. The minimum Gasteiger partial charge on any atom is -0.496 e. The van der Waals surface area contributed by atoms with Gasteiger partial charge in [-0.15, -0.1) is 0 Å². The van der Waals surface area contributed by atoms with Gasteiger partial charge in [-0.25, -0.2) is 0 Å². The largest absolute Gasteiger partial charge is 0.496 e. The number of amides is 1. The molecule has 2 aliphatic rings. The molecular weight excluding hydrogens is 494 g/mol. The summed E-state index contributed by atoms with van der Waals surface area (Å²) < 4.78 is 31.4. The Kier molecular flexibility index (Phi) is 10.8. The molecule has 0 unspecified atom stereocenters. The Balaban J connectivity index is 0.000000656. The van der Waals surface area contributed by atoms with Gasteiger partial charge < -0.3 is 20.0 Å². The normalized spacial score (nSPS) is 16.1. The van der Waals surface area contributed by atoms with Crippen LogP contribution < -0.4 is 14.5 Å². The first kappa shape index (κ1) is 28.9. The van der Waals surface area contributed by atoms with Gasteiger partial charge in [0.2, 0.25) is 5.91 Å². The van der Waals surface area contributed by atoms with Gasteiger partial charge in [0, 0.05) is 55.4 Å². The fourth-order valence-electron chi connectivity index (χ4n) is 4.35. The van der Waals surface area contributed by atoms with Crippen LogP contribution in [0.3, 0.4) is 0 Å². The third kappa shape index (κ3) is 8.66.